The molecule has 1 aliphatic rings. The van der Waals surface area contributed by atoms with Crippen LogP contribution in [0.1, 0.15) is 52.4 Å². The minimum Gasteiger partial charge on any atom is -0.368 e. The lowest BCUT2D eigenvalue weighted by molar-refractivity contribution is -0.116. The van der Waals surface area contributed by atoms with Crippen molar-refractivity contribution in [1.29, 1.82) is 0 Å². The Morgan fingerprint density at radius 1 is 0.905 bits per heavy atom. The molecule has 118 valence electrons. The molecule has 0 spiro atoms. The third-order valence-corrected chi connectivity index (χ3v) is 4.35. The maximum atomic E-state index is 12.3. The summed E-state index contributed by atoms with van der Waals surface area (Å²) in [5, 5.41) is -0.331. The number of ketones is 2. The molecular formula is C16H23Cl2NO2. The molecule has 0 amide bonds. The Balaban J connectivity index is 2.83. The van der Waals surface area contributed by atoms with Crippen molar-refractivity contribution in [2.75, 3.05) is 13.1 Å². The van der Waals surface area contributed by atoms with Crippen LogP contribution in [0, 0.1) is 0 Å². The van der Waals surface area contributed by atoms with Crippen molar-refractivity contribution >= 4 is 34.8 Å². The molecular weight excluding hydrogens is 309 g/mol. The monoisotopic (exact) mass is 331 g/mol. The predicted octanol–water partition coefficient (Wildman–Crippen LogP) is 4.39. The Morgan fingerprint density at radius 2 is 1.43 bits per heavy atom. The van der Waals surface area contributed by atoms with Gasteiger partial charge in [-0.1, -0.05) is 62.7 Å². The molecule has 0 atom stereocenters. The van der Waals surface area contributed by atoms with E-state index < -0.39 is 0 Å². The van der Waals surface area contributed by atoms with Crippen LogP contribution in [0.25, 0.3) is 0 Å². The van der Waals surface area contributed by atoms with E-state index in [1.807, 2.05) is 4.90 Å². The molecule has 0 N–H and O–H groups in total. The van der Waals surface area contributed by atoms with E-state index in [0.717, 1.165) is 51.6 Å². The zero-order chi connectivity index (χ0) is 15.8. The first-order valence-electron chi connectivity index (χ1n) is 7.63. The number of halogens is 2. The highest BCUT2D eigenvalue weighted by molar-refractivity contribution is 6.58. The van der Waals surface area contributed by atoms with E-state index >= 15 is 0 Å². The number of Topliss-reactive ketones (excluding diaryl/α,β-unsaturated/α-hetero) is 1. The standard InChI is InChI=1S/C16H23Cl2NO2/c1-3-5-7-9-19(10-8-6-4-2)12-11-13(20)14(17)15(18)16(12)21/h11H,3-10H2,1-2H3. The predicted molar refractivity (Wildman–Crippen MR) is 87.5 cm³/mol. The normalized spacial score (nSPS) is 15.5. The number of allylic oxidation sites excluding steroid dienone is 3. The van der Waals surface area contributed by atoms with Crippen molar-refractivity contribution in [2.24, 2.45) is 0 Å². The fourth-order valence-corrected chi connectivity index (χ4v) is 2.60. The van der Waals surface area contributed by atoms with Gasteiger partial charge in [-0.3, -0.25) is 9.59 Å². The van der Waals surface area contributed by atoms with Gasteiger partial charge in [-0.15, -0.1) is 0 Å². The van der Waals surface area contributed by atoms with Gasteiger partial charge < -0.3 is 4.90 Å². The second-order valence-corrected chi connectivity index (χ2v) is 6.01. The van der Waals surface area contributed by atoms with Crippen LogP contribution in [0.4, 0.5) is 0 Å². The molecule has 0 aromatic carbocycles. The van der Waals surface area contributed by atoms with Crippen molar-refractivity contribution in [3.05, 3.63) is 21.8 Å². The molecule has 21 heavy (non-hydrogen) atoms. The Morgan fingerprint density at radius 3 is 1.90 bits per heavy atom. The summed E-state index contributed by atoms with van der Waals surface area (Å²) in [5.74, 6) is -0.721. The van der Waals surface area contributed by atoms with Gasteiger partial charge in [0.1, 0.15) is 10.1 Å². The van der Waals surface area contributed by atoms with Crippen LogP contribution in [0.5, 0.6) is 0 Å². The fraction of sp³-hybridized carbons (Fsp3) is 0.625. The number of nitrogens with zero attached hydrogens (tertiary/aromatic N) is 1. The van der Waals surface area contributed by atoms with Crippen molar-refractivity contribution in [1.82, 2.24) is 4.90 Å². The number of unbranched alkanes of at least 4 members (excludes halogenated alkanes) is 4. The molecule has 5 heteroatoms. The van der Waals surface area contributed by atoms with Crippen molar-refractivity contribution in [3.63, 3.8) is 0 Å². The first-order valence-corrected chi connectivity index (χ1v) is 8.39. The molecule has 0 bridgehead atoms. The summed E-state index contributed by atoms with van der Waals surface area (Å²) in [5.41, 5.74) is 0.390. The average Bonchev–Trinajstić information content (AvgIpc) is 2.48. The molecule has 0 unspecified atom stereocenters. The van der Waals surface area contributed by atoms with Gasteiger partial charge in [0.2, 0.25) is 11.6 Å². The molecule has 0 aromatic heterocycles. The Kier molecular flexibility index (Phi) is 8.05. The SMILES string of the molecule is CCCCCN(CCCCC)C1=CC(=O)C(Cl)=C(Cl)C1=O. The lowest BCUT2D eigenvalue weighted by atomic mass is 10.1. The van der Waals surface area contributed by atoms with Gasteiger partial charge in [0.15, 0.2) is 0 Å². The summed E-state index contributed by atoms with van der Waals surface area (Å²) >= 11 is 11.6. The molecule has 1 rings (SSSR count). The summed E-state index contributed by atoms with van der Waals surface area (Å²) < 4.78 is 0. The van der Waals surface area contributed by atoms with Crippen LogP contribution in [0.3, 0.4) is 0 Å². The summed E-state index contributed by atoms with van der Waals surface area (Å²) in [6.07, 6.45) is 7.75. The van der Waals surface area contributed by atoms with Crippen LogP contribution in [0.15, 0.2) is 21.8 Å². The zero-order valence-electron chi connectivity index (χ0n) is 12.8. The van der Waals surface area contributed by atoms with E-state index in [2.05, 4.69) is 13.8 Å². The molecule has 0 saturated heterocycles. The van der Waals surface area contributed by atoms with Gasteiger partial charge >= 0.3 is 0 Å². The largest absolute Gasteiger partial charge is 0.368 e. The number of carbonyl (C=O) groups is 2. The van der Waals surface area contributed by atoms with E-state index in [0.29, 0.717) is 5.70 Å². The highest BCUT2D eigenvalue weighted by Gasteiger charge is 2.29. The second kappa shape index (κ2) is 9.26. The molecule has 0 radical (unpaired) electrons. The molecule has 1 aliphatic carbocycles. The summed E-state index contributed by atoms with van der Waals surface area (Å²) in [7, 11) is 0. The highest BCUT2D eigenvalue weighted by atomic mass is 35.5. The lowest BCUT2D eigenvalue weighted by Crippen LogP contribution is -2.32. The van der Waals surface area contributed by atoms with Gasteiger partial charge in [0.25, 0.3) is 0 Å². The average molecular weight is 332 g/mol. The maximum Gasteiger partial charge on any atom is 0.222 e. The molecule has 0 aromatic rings. The van der Waals surface area contributed by atoms with Gasteiger partial charge in [-0.25, -0.2) is 0 Å². The van der Waals surface area contributed by atoms with Crippen molar-refractivity contribution in [3.8, 4) is 0 Å². The minimum atomic E-state index is -0.382. The van der Waals surface area contributed by atoms with Crippen LogP contribution < -0.4 is 0 Å². The maximum absolute atomic E-state index is 12.3. The zero-order valence-corrected chi connectivity index (χ0v) is 14.3. The van der Waals surface area contributed by atoms with E-state index in [4.69, 9.17) is 23.2 Å². The quantitative estimate of drug-likeness (QED) is 0.464. The molecule has 0 fully saturated rings. The summed E-state index contributed by atoms with van der Waals surface area (Å²) in [6.45, 7) is 5.80. The molecule has 3 nitrogen and oxygen atoms in total. The molecule has 0 aliphatic heterocycles. The van der Waals surface area contributed by atoms with Crippen LogP contribution in [-0.2, 0) is 9.59 Å². The number of carbonyl (C=O) groups excluding carboxylic acids is 2. The van der Waals surface area contributed by atoms with Crippen LogP contribution >= 0.6 is 23.2 Å². The van der Waals surface area contributed by atoms with Gasteiger partial charge in [0, 0.05) is 19.2 Å². The Hall–Kier alpha value is -0.800. The summed E-state index contributed by atoms with van der Waals surface area (Å²) in [6, 6.07) is 0. The number of rotatable bonds is 9. The van der Waals surface area contributed by atoms with Gasteiger partial charge in [-0.05, 0) is 12.8 Å². The van der Waals surface area contributed by atoms with Crippen LogP contribution in [-0.4, -0.2) is 29.6 Å². The Bertz CT molecular complexity index is 445. The minimum absolute atomic E-state index is 0.157. The number of hydrogen-bond acceptors (Lipinski definition) is 3. The van der Waals surface area contributed by atoms with Crippen molar-refractivity contribution < 1.29 is 9.59 Å². The van der Waals surface area contributed by atoms with E-state index in [9.17, 15) is 9.59 Å². The first-order chi connectivity index (χ1) is 10.0. The number of hydrogen-bond donors (Lipinski definition) is 0. The highest BCUT2D eigenvalue weighted by Crippen LogP contribution is 2.27. The smallest absolute Gasteiger partial charge is 0.222 e. The Labute approximate surface area is 137 Å². The van der Waals surface area contributed by atoms with Crippen LogP contribution in [0.2, 0.25) is 0 Å². The second-order valence-electron chi connectivity index (χ2n) is 5.25. The first kappa shape index (κ1) is 18.2. The molecule has 0 heterocycles. The third kappa shape index (κ3) is 5.15. The lowest BCUT2D eigenvalue weighted by Gasteiger charge is -2.28. The van der Waals surface area contributed by atoms with Gasteiger partial charge in [-0.2, -0.15) is 0 Å². The third-order valence-electron chi connectivity index (χ3n) is 3.51. The van der Waals surface area contributed by atoms with E-state index in [1.54, 1.807) is 0 Å². The van der Waals surface area contributed by atoms with E-state index in [1.165, 1.54) is 6.08 Å². The fourth-order valence-electron chi connectivity index (χ4n) is 2.27. The topological polar surface area (TPSA) is 37.4 Å². The summed E-state index contributed by atoms with van der Waals surface area (Å²) in [4.78, 5) is 26.0. The van der Waals surface area contributed by atoms with E-state index in [-0.39, 0.29) is 21.6 Å². The van der Waals surface area contributed by atoms with Gasteiger partial charge in [0.05, 0.1) is 5.70 Å². The van der Waals surface area contributed by atoms with Crippen molar-refractivity contribution in [2.45, 2.75) is 52.4 Å². The molecule has 0 saturated carbocycles.